The summed E-state index contributed by atoms with van der Waals surface area (Å²) >= 11 is 0. The average molecular weight is 284 g/mol. The Morgan fingerprint density at radius 2 is 1.95 bits per heavy atom. The third-order valence-corrected chi connectivity index (χ3v) is 6.07. The molecule has 0 spiro atoms. The van der Waals surface area contributed by atoms with Gasteiger partial charge in [0.25, 0.3) is 0 Å². The van der Waals surface area contributed by atoms with Gasteiger partial charge in [0.15, 0.2) is 0 Å². The third-order valence-electron chi connectivity index (χ3n) is 4.18. The summed E-state index contributed by atoms with van der Waals surface area (Å²) in [6.45, 7) is 5.45. The maximum absolute atomic E-state index is 12.4. The second-order valence-corrected chi connectivity index (χ2v) is 7.39. The van der Waals surface area contributed by atoms with Crippen molar-refractivity contribution in [2.75, 3.05) is 13.1 Å². The van der Waals surface area contributed by atoms with Crippen LogP contribution >= 0.6 is 0 Å². The monoisotopic (exact) mass is 284 g/mol. The molecule has 1 aromatic rings. The predicted octanol–water partition coefficient (Wildman–Crippen LogP) is 1.58. The first-order valence-electron chi connectivity index (χ1n) is 6.56. The molecular formula is C13H20N2O3S. The number of hydrogen-bond acceptors (Lipinski definition) is 3. The van der Waals surface area contributed by atoms with Gasteiger partial charge >= 0.3 is 0 Å². The highest BCUT2D eigenvalue weighted by atomic mass is 32.2. The molecule has 2 rings (SSSR count). The molecule has 106 valence electrons. The van der Waals surface area contributed by atoms with Gasteiger partial charge in [-0.25, -0.2) is 8.42 Å². The van der Waals surface area contributed by atoms with E-state index in [9.17, 15) is 13.2 Å². The van der Waals surface area contributed by atoms with Crippen LogP contribution in [0.5, 0.6) is 0 Å². The summed E-state index contributed by atoms with van der Waals surface area (Å²) in [5.41, 5.74) is -0.0482. The molecule has 5 nitrogen and oxygen atoms in total. The highest BCUT2D eigenvalue weighted by molar-refractivity contribution is 7.89. The maximum Gasteiger partial charge on any atom is 0.247 e. The molecule has 0 aliphatic carbocycles. The number of pyridine rings is 1. The van der Waals surface area contributed by atoms with Crippen LogP contribution in [-0.4, -0.2) is 30.8 Å². The third kappa shape index (κ3) is 2.90. The van der Waals surface area contributed by atoms with Crippen LogP contribution in [0.1, 0.15) is 33.1 Å². The first kappa shape index (κ1) is 14.3. The molecule has 1 aliphatic rings. The van der Waals surface area contributed by atoms with Crippen LogP contribution < -0.4 is 5.56 Å². The fourth-order valence-electron chi connectivity index (χ4n) is 2.33. The topological polar surface area (TPSA) is 70.2 Å². The second-order valence-electron chi connectivity index (χ2n) is 5.46. The van der Waals surface area contributed by atoms with Crippen LogP contribution in [0.15, 0.2) is 28.0 Å². The van der Waals surface area contributed by atoms with E-state index >= 15 is 0 Å². The zero-order chi connectivity index (χ0) is 14.1. The van der Waals surface area contributed by atoms with Crippen LogP contribution in [0.25, 0.3) is 0 Å². The Morgan fingerprint density at radius 1 is 1.32 bits per heavy atom. The normalized spacial score (nSPS) is 20.3. The summed E-state index contributed by atoms with van der Waals surface area (Å²) < 4.78 is 26.3. The highest BCUT2D eigenvalue weighted by Gasteiger charge is 2.34. The van der Waals surface area contributed by atoms with Gasteiger partial charge in [0.05, 0.1) is 4.90 Å². The van der Waals surface area contributed by atoms with Gasteiger partial charge in [-0.05, 0) is 24.3 Å². The standard InChI is InChI=1S/C13H20N2O3S/c1-3-13(2)6-8-15(9-7-13)19(17,18)11-4-5-12(16)14-10-11/h4-5,10H,3,6-9H2,1-2H3,(H,14,16). The first-order chi connectivity index (χ1) is 8.87. The zero-order valence-corrected chi connectivity index (χ0v) is 12.2. The van der Waals surface area contributed by atoms with Crippen molar-refractivity contribution in [3.05, 3.63) is 28.7 Å². The minimum atomic E-state index is -3.47. The number of aromatic nitrogens is 1. The number of nitrogens with one attached hydrogen (secondary N) is 1. The van der Waals surface area contributed by atoms with Crippen LogP contribution in [-0.2, 0) is 10.0 Å². The fourth-order valence-corrected chi connectivity index (χ4v) is 3.74. The molecule has 0 radical (unpaired) electrons. The van der Waals surface area contributed by atoms with Gasteiger partial charge in [-0.2, -0.15) is 4.31 Å². The van der Waals surface area contributed by atoms with Crippen molar-refractivity contribution in [3.8, 4) is 0 Å². The molecule has 6 heteroatoms. The maximum atomic E-state index is 12.4. The Balaban J connectivity index is 2.18. The first-order valence-corrected chi connectivity index (χ1v) is 8.00. The Labute approximate surface area is 113 Å². The lowest BCUT2D eigenvalue weighted by Gasteiger charge is -2.38. The SMILES string of the molecule is CCC1(C)CCN(S(=O)(=O)c2ccc(=O)[nH]c2)CC1. The van der Waals surface area contributed by atoms with E-state index in [4.69, 9.17) is 0 Å². The van der Waals surface area contributed by atoms with Crippen molar-refractivity contribution in [2.24, 2.45) is 5.41 Å². The van der Waals surface area contributed by atoms with Crippen molar-refractivity contribution >= 4 is 10.0 Å². The fraction of sp³-hybridized carbons (Fsp3) is 0.615. The molecule has 0 atom stereocenters. The van der Waals surface area contributed by atoms with Gasteiger partial charge in [0, 0.05) is 25.4 Å². The Hall–Kier alpha value is -1.14. The molecule has 0 amide bonds. The summed E-state index contributed by atoms with van der Waals surface area (Å²) in [6.07, 6.45) is 4.10. The molecule has 1 fully saturated rings. The van der Waals surface area contributed by atoms with Crippen LogP contribution in [0, 0.1) is 5.41 Å². The Bertz CT molecular complexity index is 578. The molecule has 0 bridgehead atoms. The van der Waals surface area contributed by atoms with E-state index < -0.39 is 10.0 Å². The number of piperidine rings is 1. The van der Waals surface area contributed by atoms with Gasteiger partial charge < -0.3 is 4.98 Å². The number of nitrogens with zero attached hydrogens (tertiary/aromatic N) is 1. The molecule has 19 heavy (non-hydrogen) atoms. The van der Waals surface area contributed by atoms with E-state index in [0.29, 0.717) is 13.1 Å². The zero-order valence-electron chi connectivity index (χ0n) is 11.3. The average Bonchev–Trinajstić information content (AvgIpc) is 2.40. The molecule has 2 heterocycles. The Morgan fingerprint density at radius 3 is 2.42 bits per heavy atom. The van der Waals surface area contributed by atoms with E-state index in [-0.39, 0.29) is 15.9 Å². The van der Waals surface area contributed by atoms with E-state index in [1.807, 2.05) is 0 Å². The van der Waals surface area contributed by atoms with Crippen molar-refractivity contribution < 1.29 is 8.42 Å². The lowest BCUT2D eigenvalue weighted by molar-refractivity contribution is 0.169. The van der Waals surface area contributed by atoms with E-state index in [0.717, 1.165) is 19.3 Å². The smallest absolute Gasteiger partial charge is 0.247 e. The highest BCUT2D eigenvalue weighted by Crippen LogP contribution is 2.35. The van der Waals surface area contributed by atoms with Gasteiger partial charge in [-0.1, -0.05) is 20.3 Å². The summed E-state index contributed by atoms with van der Waals surface area (Å²) in [7, 11) is -3.47. The molecule has 0 saturated carbocycles. The van der Waals surface area contributed by atoms with E-state index in [1.54, 1.807) is 0 Å². The molecule has 1 saturated heterocycles. The molecule has 1 aromatic heterocycles. The van der Waals surface area contributed by atoms with Crippen LogP contribution in [0.4, 0.5) is 0 Å². The lowest BCUT2D eigenvalue weighted by atomic mass is 9.79. The number of H-pyrrole nitrogens is 1. The molecule has 1 aliphatic heterocycles. The van der Waals surface area contributed by atoms with Crippen molar-refractivity contribution in [1.82, 2.24) is 9.29 Å². The molecule has 0 unspecified atom stereocenters. The molecule has 1 N–H and O–H groups in total. The van der Waals surface area contributed by atoms with Gasteiger partial charge in [0.2, 0.25) is 15.6 Å². The van der Waals surface area contributed by atoms with Crippen LogP contribution in [0.3, 0.4) is 0 Å². The van der Waals surface area contributed by atoms with E-state index in [2.05, 4.69) is 18.8 Å². The number of rotatable bonds is 3. The predicted molar refractivity (Wildman–Crippen MR) is 73.5 cm³/mol. The Kier molecular flexibility index (Phi) is 3.82. The van der Waals surface area contributed by atoms with Crippen molar-refractivity contribution in [3.63, 3.8) is 0 Å². The largest absolute Gasteiger partial charge is 0.328 e. The number of aromatic amines is 1. The quantitative estimate of drug-likeness (QED) is 0.916. The van der Waals surface area contributed by atoms with Gasteiger partial charge in [-0.15, -0.1) is 0 Å². The minimum absolute atomic E-state index is 0.159. The summed E-state index contributed by atoms with van der Waals surface area (Å²) in [6, 6.07) is 2.61. The van der Waals surface area contributed by atoms with Crippen LogP contribution in [0.2, 0.25) is 0 Å². The van der Waals surface area contributed by atoms with Gasteiger partial charge in [-0.3, -0.25) is 4.79 Å². The lowest BCUT2D eigenvalue weighted by Crippen LogP contribution is -2.41. The minimum Gasteiger partial charge on any atom is -0.328 e. The second kappa shape index (κ2) is 5.09. The van der Waals surface area contributed by atoms with E-state index in [1.165, 1.54) is 22.6 Å². The summed E-state index contributed by atoms with van der Waals surface area (Å²) in [5, 5.41) is 0. The van der Waals surface area contributed by atoms with Gasteiger partial charge in [0.1, 0.15) is 0 Å². The molecule has 0 aromatic carbocycles. The molecular weight excluding hydrogens is 264 g/mol. The number of hydrogen-bond donors (Lipinski definition) is 1. The van der Waals surface area contributed by atoms with Crippen molar-refractivity contribution in [2.45, 2.75) is 38.0 Å². The summed E-state index contributed by atoms with van der Waals surface area (Å²) in [5.74, 6) is 0. The summed E-state index contributed by atoms with van der Waals surface area (Å²) in [4.78, 5) is 13.6. The van der Waals surface area contributed by atoms with Crippen molar-refractivity contribution in [1.29, 1.82) is 0 Å². The number of sulfonamides is 1.